The lowest BCUT2D eigenvalue weighted by molar-refractivity contribution is -0.281. The maximum absolute atomic E-state index is 12.8. The molecule has 0 bridgehead atoms. The third-order valence-corrected chi connectivity index (χ3v) is 3.24. The van der Waals surface area contributed by atoms with E-state index < -0.39 is 30.5 Å². The normalized spacial score (nSPS) is 18.0. The zero-order valence-electron chi connectivity index (χ0n) is 11.7. The summed E-state index contributed by atoms with van der Waals surface area (Å²) in [6, 6.07) is 8.41. The number of alkyl halides is 5. The topological polar surface area (TPSA) is 44.8 Å². The molecule has 1 aliphatic heterocycles. The standard InChI is InChI=1S/C14H13F5O4/c15-13(16,14(17,18)19)11(20)21-7-6-12(22-8-9-23-12)10-4-2-1-3-5-10/h1-5H,6-9H2. The molecule has 1 aromatic rings. The highest BCUT2D eigenvalue weighted by Gasteiger charge is 2.65. The van der Waals surface area contributed by atoms with Crippen molar-refractivity contribution in [1.82, 2.24) is 0 Å². The molecule has 2 rings (SSSR count). The lowest BCUT2D eigenvalue weighted by Gasteiger charge is -2.28. The van der Waals surface area contributed by atoms with E-state index in [1.165, 1.54) is 0 Å². The minimum absolute atomic E-state index is 0.212. The lowest BCUT2D eigenvalue weighted by atomic mass is 10.0. The molecular formula is C14H13F5O4. The van der Waals surface area contributed by atoms with E-state index >= 15 is 0 Å². The largest absolute Gasteiger partial charge is 0.465 e. The first-order valence-electron chi connectivity index (χ1n) is 6.64. The Morgan fingerprint density at radius 3 is 2.17 bits per heavy atom. The van der Waals surface area contributed by atoms with E-state index in [9.17, 15) is 26.7 Å². The van der Waals surface area contributed by atoms with Crippen LogP contribution in [0.2, 0.25) is 0 Å². The average Bonchev–Trinajstić information content (AvgIpc) is 2.97. The molecule has 0 amide bonds. The van der Waals surface area contributed by atoms with E-state index in [1.54, 1.807) is 30.3 Å². The highest BCUT2D eigenvalue weighted by atomic mass is 19.4. The number of hydrogen-bond donors (Lipinski definition) is 0. The van der Waals surface area contributed by atoms with Crippen molar-refractivity contribution in [2.24, 2.45) is 0 Å². The third kappa shape index (κ3) is 3.61. The molecule has 0 unspecified atom stereocenters. The summed E-state index contributed by atoms with van der Waals surface area (Å²) in [6.07, 6.45) is -6.21. The molecule has 0 spiro atoms. The Hall–Kier alpha value is -1.74. The molecule has 1 aliphatic rings. The van der Waals surface area contributed by atoms with Crippen LogP contribution in [0.25, 0.3) is 0 Å². The molecule has 0 radical (unpaired) electrons. The van der Waals surface area contributed by atoms with Gasteiger partial charge in [0.25, 0.3) is 0 Å². The molecule has 0 saturated carbocycles. The van der Waals surface area contributed by atoms with E-state index in [1.807, 2.05) is 0 Å². The Labute approximate surface area is 128 Å². The number of esters is 1. The Balaban J connectivity index is 2.00. The van der Waals surface area contributed by atoms with E-state index in [0.29, 0.717) is 5.56 Å². The van der Waals surface area contributed by atoms with Crippen LogP contribution in [0.3, 0.4) is 0 Å². The first-order chi connectivity index (χ1) is 10.7. The Bertz CT molecular complexity index is 538. The van der Waals surface area contributed by atoms with Crippen LogP contribution < -0.4 is 0 Å². The summed E-state index contributed by atoms with van der Waals surface area (Å²) < 4.78 is 76.7. The maximum Gasteiger partial charge on any atom is 0.465 e. The van der Waals surface area contributed by atoms with Crippen molar-refractivity contribution in [1.29, 1.82) is 0 Å². The monoisotopic (exact) mass is 340 g/mol. The van der Waals surface area contributed by atoms with Crippen LogP contribution in [0.1, 0.15) is 12.0 Å². The Morgan fingerprint density at radius 2 is 1.65 bits per heavy atom. The number of carbonyl (C=O) groups excluding carboxylic acids is 1. The van der Waals surface area contributed by atoms with E-state index in [4.69, 9.17) is 9.47 Å². The first kappa shape index (κ1) is 17.6. The molecule has 128 valence electrons. The summed E-state index contributed by atoms with van der Waals surface area (Å²) in [6.45, 7) is -0.261. The quantitative estimate of drug-likeness (QED) is 0.611. The Kier molecular flexibility index (Phi) is 4.90. The number of ether oxygens (including phenoxy) is 3. The minimum atomic E-state index is -6.00. The fourth-order valence-corrected chi connectivity index (χ4v) is 2.09. The number of halogens is 5. The molecular weight excluding hydrogens is 327 g/mol. The van der Waals surface area contributed by atoms with Crippen molar-refractivity contribution >= 4 is 5.97 Å². The fourth-order valence-electron chi connectivity index (χ4n) is 2.09. The molecule has 1 fully saturated rings. The molecule has 9 heteroatoms. The highest BCUT2D eigenvalue weighted by molar-refractivity contribution is 5.78. The molecule has 0 N–H and O–H groups in total. The van der Waals surface area contributed by atoms with E-state index in [2.05, 4.69) is 4.74 Å². The van der Waals surface area contributed by atoms with Crippen LogP contribution in [0.15, 0.2) is 30.3 Å². The van der Waals surface area contributed by atoms with Crippen molar-refractivity contribution in [2.45, 2.75) is 24.3 Å². The van der Waals surface area contributed by atoms with Crippen molar-refractivity contribution in [3.63, 3.8) is 0 Å². The average molecular weight is 340 g/mol. The number of benzene rings is 1. The van der Waals surface area contributed by atoms with Gasteiger partial charge in [-0.25, -0.2) is 4.79 Å². The van der Waals surface area contributed by atoms with Crippen molar-refractivity contribution in [3.05, 3.63) is 35.9 Å². The predicted octanol–water partition coefficient (Wildman–Crippen LogP) is 3.02. The third-order valence-electron chi connectivity index (χ3n) is 3.24. The number of carbonyl (C=O) groups is 1. The van der Waals surface area contributed by atoms with Crippen molar-refractivity contribution in [3.8, 4) is 0 Å². The molecule has 1 aromatic carbocycles. The van der Waals surface area contributed by atoms with Gasteiger partial charge < -0.3 is 14.2 Å². The first-order valence-corrected chi connectivity index (χ1v) is 6.64. The van der Waals surface area contributed by atoms with Gasteiger partial charge in [-0.1, -0.05) is 30.3 Å². The van der Waals surface area contributed by atoms with E-state index in [-0.39, 0.29) is 19.6 Å². The van der Waals surface area contributed by atoms with Crippen LogP contribution in [0.5, 0.6) is 0 Å². The van der Waals surface area contributed by atoms with Gasteiger partial charge >= 0.3 is 18.1 Å². The second-order valence-electron chi connectivity index (χ2n) is 4.77. The lowest BCUT2D eigenvalue weighted by Crippen LogP contribution is -2.45. The number of rotatable bonds is 5. The SMILES string of the molecule is O=C(OCCC1(c2ccccc2)OCCO1)C(F)(F)C(F)(F)F. The molecule has 1 heterocycles. The maximum atomic E-state index is 12.8. The predicted molar refractivity (Wildman–Crippen MR) is 66.6 cm³/mol. The van der Waals surface area contributed by atoms with Gasteiger partial charge in [-0.3, -0.25) is 0 Å². The Morgan fingerprint density at radius 1 is 1.09 bits per heavy atom. The fraction of sp³-hybridized carbons (Fsp3) is 0.500. The molecule has 0 aliphatic carbocycles. The van der Waals surface area contributed by atoms with Gasteiger partial charge in [0.05, 0.1) is 19.8 Å². The van der Waals surface area contributed by atoms with Crippen molar-refractivity contribution in [2.75, 3.05) is 19.8 Å². The summed E-state index contributed by atoms with van der Waals surface area (Å²) in [4.78, 5) is 11.0. The second-order valence-corrected chi connectivity index (χ2v) is 4.77. The summed E-state index contributed by atoms with van der Waals surface area (Å²) in [5, 5.41) is 0. The zero-order valence-corrected chi connectivity index (χ0v) is 11.7. The van der Waals surface area contributed by atoms with Gasteiger partial charge in [0.2, 0.25) is 0 Å². The highest BCUT2D eigenvalue weighted by Crippen LogP contribution is 2.38. The summed E-state index contributed by atoms with van der Waals surface area (Å²) in [7, 11) is 0. The van der Waals surface area contributed by atoms with Crippen LogP contribution in [0.4, 0.5) is 22.0 Å². The van der Waals surface area contributed by atoms with Crippen molar-refractivity contribution < 1.29 is 41.0 Å². The van der Waals surface area contributed by atoms with Crippen LogP contribution in [0, 0.1) is 0 Å². The molecule has 23 heavy (non-hydrogen) atoms. The van der Waals surface area contributed by atoms with Gasteiger partial charge in [0, 0.05) is 12.0 Å². The second kappa shape index (κ2) is 6.40. The smallest absolute Gasteiger partial charge is 0.461 e. The summed E-state index contributed by atoms with van der Waals surface area (Å²) in [5.41, 5.74) is 0.552. The minimum Gasteiger partial charge on any atom is -0.461 e. The van der Waals surface area contributed by atoms with Gasteiger partial charge in [0.1, 0.15) is 0 Å². The van der Waals surface area contributed by atoms with Gasteiger partial charge in [0.15, 0.2) is 5.79 Å². The van der Waals surface area contributed by atoms with Crippen LogP contribution in [-0.4, -0.2) is 37.9 Å². The van der Waals surface area contributed by atoms with Crippen LogP contribution in [-0.2, 0) is 24.8 Å². The number of hydrogen-bond acceptors (Lipinski definition) is 4. The van der Waals surface area contributed by atoms with Crippen LogP contribution >= 0.6 is 0 Å². The van der Waals surface area contributed by atoms with Gasteiger partial charge in [-0.2, -0.15) is 22.0 Å². The summed E-state index contributed by atoms with van der Waals surface area (Å²) >= 11 is 0. The van der Waals surface area contributed by atoms with Gasteiger partial charge in [-0.05, 0) is 0 Å². The molecule has 0 aromatic heterocycles. The summed E-state index contributed by atoms with van der Waals surface area (Å²) in [5.74, 6) is -9.52. The van der Waals surface area contributed by atoms with Gasteiger partial charge in [-0.15, -0.1) is 0 Å². The van der Waals surface area contributed by atoms with E-state index in [0.717, 1.165) is 0 Å². The molecule has 4 nitrogen and oxygen atoms in total. The molecule has 0 atom stereocenters. The zero-order chi connectivity index (χ0) is 17.1. The molecule has 1 saturated heterocycles.